The highest BCUT2D eigenvalue weighted by atomic mass is 35.5. The van der Waals surface area contributed by atoms with Crippen LogP contribution in [0.1, 0.15) is 51.1 Å². The number of nitrogens with one attached hydrogen (secondary N) is 1. The summed E-state index contributed by atoms with van der Waals surface area (Å²) in [5.41, 5.74) is 1.11. The van der Waals surface area contributed by atoms with Crippen molar-refractivity contribution in [2.24, 2.45) is 17.8 Å². The molecule has 2 bridgehead atoms. The SMILES string of the molecule is CC(NC(C)C1CC2CCC1C2)c1cc(Cl)ccc1Cl. The van der Waals surface area contributed by atoms with Crippen LogP contribution >= 0.6 is 23.2 Å². The molecule has 1 aromatic rings. The minimum Gasteiger partial charge on any atom is -0.307 e. The molecule has 2 aliphatic rings. The minimum absolute atomic E-state index is 0.246. The van der Waals surface area contributed by atoms with Crippen LogP contribution in [-0.4, -0.2) is 6.04 Å². The molecule has 2 aliphatic carbocycles. The molecule has 5 atom stereocenters. The van der Waals surface area contributed by atoms with Crippen LogP contribution < -0.4 is 5.32 Å². The molecular weight excluding hydrogens is 289 g/mol. The van der Waals surface area contributed by atoms with Crippen molar-refractivity contribution >= 4 is 23.2 Å². The van der Waals surface area contributed by atoms with Crippen LogP contribution in [0.2, 0.25) is 10.0 Å². The molecule has 0 aromatic heterocycles. The van der Waals surface area contributed by atoms with Gasteiger partial charge in [-0.25, -0.2) is 0 Å². The van der Waals surface area contributed by atoms with Crippen molar-refractivity contribution < 1.29 is 0 Å². The normalized spacial score (nSPS) is 31.5. The molecule has 1 nitrogen and oxygen atoms in total. The number of halogens is 2. The molecule has 20 heavy (non-hydrogen) atoms. The van der Waals surface area contributed by atoms with Crippen LogP contribution in [0.15, 0.2) is 18.2 Å². The predicted octanol–water partition coefficient (Wildman–Crippen LogP) is 5.47. The second-order valence-electron chi connectivity index (χ2n) is 6.68. The first-order chi connectivity index (χ1) is 9.54. The molecule has 3 rings (SSSR count). The van der Waals surface area contributed by atoms with E-state index < -0.39 is 0 Å². The van der Waals surface area contributed by atoms with E-state index in [4.69, 9.17) is 23.2 Å². The number of fused-ring (bicyclic) bond motifs is 2. The molecule has 0 saturated heterocycles. The molecular formula is C17H23Cl2N. The number of benzene rings is 1. The fraction of sp³-hybridized carbons (Fsp3) is 0.647. The zero-order valence-electron chi connectivity index (χ0n) is 12.2. The van der Waals surface area contributed by atoms with Gasteiger partial charge in [-0.2, -0.15) is 0 Å². The molecule has 0 aliphatic heterocycles. The monoisotopic (exact) mass is 311 g/mol. The third kappa shape index (κ3) is 2.86. The third-order valence-corrected chi connectivity index (χ3v) is 5.95. The fourth-order valence-electron chi connectivity index (χ4n) is 4.36. The lowest BCUT2D eigenvalue weighted by Gasteiger charge is -2.31. The summed E-state index contributed by atoms with van der Waals surface area (Å²) in [6.45, 7) is 4.52. The average Bonchev–Trinajstić information content (AvgIpc) is 3.03. The predicted molar refractivity (Wildman–Crippen MR) is 86.4 cm³/mol. The summed E-state index contributed by atoms with van der Waals surface area (Å²) in [7, 11) is 0. The summed E-state index contributed by atoms with van der Waals surface area (Å²) < 4.78 is 0. The summed E-state index contributed by atoms with van der Waals surface area (Å²) in [6, 6.07) is 6.51. The first kappa shape index (κ1) is 14.7. The molecule has 0 spiro atoms. The number of hydrogen-bond donors (Lipinski definition) is 1. The summed E-state index contributed by atoms with van der Waals surface area (Å²) in [4.78, 5) is 0. The maximum atomic E-state index is 6.30. The summed E-state index contributed by atoms with van der Waals surface area (Å²) in [5, 5.41) is 5.30. The Bertz CT molecular complexity index is 488. The Hall–Kier alpha value is -0.240. The maximum Gasteiger partial charge on any atom is 0.0454 e. The molecule has 110 valence electrons. The summed E-state index contributed by atoms with van der Waals surface area (Å²) in [5.74, 6) is 2.79. The van der Waals surface area contributed by atoms with Gasteiger partial charge in [0.2, 0.25) is 0 Å². The number of rotatable bonds is 4. The highest BCUT2D eigenvalue weighted by molar-refractivity contribution is 6.33. The molecule has 1 N–H and O–H groups in total. The van der Waals surface area contributed by atoms with Crippen molar-refractivity contribution in [3.8, 4) is 0 Å². The van der Waals surface area contributed by atoms with Crippen molar-refractivity contribution in [2.75, 3.05) is 0 Å². The largest absolute Gasteiger partial charge is 0.307 e. The Balaban J connectivity index is 1.66. The lowest BCUT2D eigenvalue weighted by Crippen LogP contribution is -2.37. The van der Waals surface area contributed by atoms with Gasteiger partial charge in [-0.1, -0.05) is 29.6 Å². The lowest BCUT2D eigenvalue weighted by molar-refractivity contribution is 0.248. The highest BCUT2D eigenvalue weighted by Crippen LogP contribution is 2.49. The van der Waals surface area contributed by atoms with E-state index in [0.29, 0.717) is 6.04 Å². The van der Waals surface area contributed by atoms with E-state index in [1.54, 1.807) is 0 Å². The van der Waals surface area contributed by atoms with Gasteiger partial charge >= 0.3 is 0 Å². The highest BCUT2D eigenvalue weighted by Gasteiger charge is 2.41. The second-order valence-corrected chi connectivity index (χ2v) is 7.53. The Morgan fingerprint density at radius 1 is 1.15 bits per heavy atom. The fourth-order valence-corrected chi connectivity index (χ4v) is 4.82. The second kappa shape index (κ2) is 5.87. The first-order valence-corrected chi connectivity index (χ1v) is 8.51. The van der Waals surface area contributed by atoms with Crippen LogP contribution in [0.4, 0.5) is 0 Å². The van der Waals surface area contributed by atoms with E-state index in [2.05, 4.69) is 19.2 Å². The smallest absolute Gasteiger partial charge is 0.0454 e. The minimum atomic E-state index is 0.246. The van der Waals surface area contributed by atoms with E-state index in [-0.39, 0.29) is 6.04 Å². The van der Waals surface area contributed by atoms with Crippen LogP contribution in [0.25, 0.3) is 0 Å². The average molecular weight is 312 g/mol. The van der Waals surface area contributed by atoms with E-state index in [1.165, 1.54) is 25.7 Å². The molecule has 0 radical (unpaired) electrons. The van der Waals surface area contributed by atoms with Crippen LogP contribution in [0, 0.1) is 17.8 Å². The van der Waals surface area contributed by atoms with Gasteiger partial charge in [-0.3, -0.25) is 0 Å². The Morgan fingerprint density at radius 2 is 1.95 bits per heavy atom. The molecule has 3 heteroatoms. The number of hydrogen-bond acceptors (Lipinski definition) is 1. The van der Waals surface area contributed by atoms with Crippen molar-refractivity contribution in [3.63, 3.8) is 0 Å². The van der Waals surface area contributed by atoms with Crippen molar-refractivity contribution in [2.45, 2.75) is 51.6 Å². The lowest BCUT2D eigenvalue weighted by atomic mass is 9.83. The Labute approximate surface area is 132 Å². The van der Waals surface area contributed by atoms with Gasteiger partial charge in [0, 0.05) is 22.1 Å². The van der Waals surface area contributed by atoms with E-state index in [9.17, 15) is 0 Å². The van der Waals surface area contributed by atoms with Gasteiger partial charge in [0.1, 0.15) is 0 Å². The van der Waals surface area contributed by atoms with Gasteiger partial charge in [-0.15, -0.1) is 0 Å². The van der Waals surface area contributed by atoms with E-state index >= 15 is 0 Å². The van der Waals surface area contributed by atoms with Crippen molar-refractivity contribution in [3.05, 3.63) is 33.8 Å². The molecule has 1 aromatic carbocycles. The van der Waals surface area contributed by atoms with Gasteiger partial charge in [0.05, 0.1) is 0 Å². The third-order valence-electron chi connectivity index (χ3n) is 5.37. The maximum absolute atomic E-state index is 6.30. The standard InChI is InChI=1S/C17H23Cl2N/c1-10(15-8-12-3-4-13(15)7-12)20-11(2)16-9-14(18)5-6-17(16)19/h5-6,9-13,15,20H,3-4,7-8H2,1-2H3. The van der Waals surface area contributed by atoms with Crippen LogP contribution in [-0.2, 0) is 0 Å². The molecule has 2 saturated carbocycles. The zero-order valence-corrected chi connectivity index (χ0v) is 13.7. The first-order valence-electron chi connectivity index (χ1n) is 7.75. The van der Waals surface area contributed by atoms with Crippen molar-refractivity contribution in [1.82, 2.24) is 5.32 Å². The van der Waals surface area contributed by atoms with E-state index in [0.717, 1.165) is 33.4 Å². The van der Waals surface area contributed by atoms with E-state index in [1.807, 2.05) is 18.2 Å². The van der Waals surface area contributed by atoms with Gasteiger partial charge in [-0.05, 0) is 74.6 Å². The van der Waals surface area contributed by atoms with Gasteiger partial charge in [0.15, 0.2) is 0 Å². The molecule has 0 heterocycles. The Morgan fingerprint density at radius 3 is 2.60 bits per heavy atom. The Kier molecular flexibility index (Phi) is 4.31. The molecule has 5 unspecified atom stereocenters. The summed E-state index contributed by atoms with van der Waals surface area (Å²) >= 11 is 12.4. The molecule has 0 amide bonds. The molecule has 2 fully saturated rings. The topological polar surface area (TPSA) is 12.0 Å². The quantitative estimate of drug-likeness (QED) is 0.777. The van der Waals surface area contributed by atoms with Crippen LogP contribution in [0.5, 0.6) is 0 Å². The van der Waals surface area contributed by atoms with Gasteiger partial charge in [0.25, 0.3) is 0 Å². The van der Waals surface area contributed by atoms with Gasteiger partial charge < -0.3 is 5.32 Å². The summed E-state index contributed by atoms with van der Waals surface area (Å²) in [6.07, 6.45) is 5.77. The van der Waals surface area contributed by atoms with Crippen molar-refractivity contribution in [1.29, 1.82) is 0 Å². The van der Waals surface area contributed by atoms with Crippen LogP contribution in [0.3, 0.4) is 0 Å². The zero-order chi connectivity index (χ0) is 14.3.